The third kappa shape index (κ3) is 3.61. The van der Waals surface area contributed by atoms with Crippen LogP contribution in [0.3, 0.4) is 0 Å². The van der Waals surface area contributed by atoms with Gasteiger partial charge in [0, 0.05) is 0 Å². The van der Waals surface area contributed by atoms with E-state index in [1.54, 1.807) is 32.2 Å². The second-order valence-corrected chi connectivity index (χ2v) is 6.25. The number of carbonyl (C=O) groups excluding carboxylic acids is 1. The number of nitrogens with zero attached hydrogens (tertiary/aromatic N) is 2. The average molecular weight is 348 g/mol. The molecule has 0 bridgehead atoms. The molecule has 2 rings (SSSR count). The van der Waals surface area contributed by atoms with Gasteiger partial charge in [-0.2, -0.15) is 0 Å². The highest BCUT2D eigenvalue weighted by molar-refractivity contribution is 8.00. The third-order valence-corrected chi connectivity index (χ3v) is 4.62. The summed E-state index contributed by atoms with van der Waals surface area (Å²) >= 11 is 12.9. The minimum absolute atomic E-state index is 0.245. The van der Waals surface area contributed by atoms with Crippen LogP contribution in [0.25, 0.3) is 0 Å². The van der Waals surface area contributed by atoms with Crippen LogP contribution in [0, 0.1) is 0 Å². The Kier molecular flexibility index (Phi) is 4.97. The number of thioether (sulfide) groups is 1. The summed E-state index contributed by atoms with van der Waals surface area (Å²) in [5.74, 6) is -0.896. The Bertz CT molecular complexity index is 658. The number of rotatable bonds is 4. The number of amides is 1. The Balaban J connectivity index is 2.08. The van der Waals surface area contributed by atoms with E-state index in [0.717, 1.165) is 11.8 Å². The molecule has 0 aliphatic heterocycles. The quantitative estimate of drug-likeness (QED) is 0.675. The minimum atomic E-state index is -0.581. The van der Waals surface area contributed by atoms with Crippen molar-refractivity contribution in [3.63, 3.8) is 0 Å². The molecule has 0 radical (unpaired) electrons. The lowest BCUT2D eigenvalue weighted by atomic mass is 10.3. The van der Waals surface area contributed by atoms with E-state index in [-0.39, 0.29) is 16.0 Å². The van der Waals surface area contributed by atoms with Gasteiger partial charge in [0.15, 0.2) is 13.0 Å². The first kappa shape index (κ1) is 15.9. The molecule has 1 heterocycles. The molecule has 1 atom stereocenters. The standard InChI is InChI=1S/C12H11Cl2N3O3S/c1-6(21-11-12(19)20-16-17(11)2)10(18)15-8-5-3-4-7(13)9(8)14/h3-6H,1-2H3,(H-,15,16,18,19). The van der Waals surface area contributed by atoms with Crippen LogP contribution in [-0.2, 0) is 11.8 Å². The van der Waals surface area contributed by atoms with Crippen LogP contribution in [0.5, 0.6) is 5.95 Å². The van der Waals surface area contributed by atoms with Gasteiger partial charge in [-0.05, 0) is 30.8 Å². The second-order valence-electron chi connectivity index (χ2n) is 4.14. The predicted octanol–water partition coefficient (Wildman–Crippen LogP) is 2.00. The molecule has 1 amide bonds. The topological polar surface area (TPSA) is 82.1 Å². The molecule has 0 aliphatic rings. The van der Waals surface area contributed by atoms with Crippen molar-refractivity contribution >= 4 is 46.6 Å². The van der Waals surface area contributed by atoms with Crippen molar-refractivity contribution in [2.45, 2.75) is 17.2 Å². The van der Waals surface area contributed by atoms with Crippen LogP contribution in [0.2, 0.25) is 10.0 Å². The number of nitrogens with one attached hydrogen (secondary N) is 1. The van der Waals surface area contributed by atoms with Gasteiger partial charge in [-0.15, -0.1) is 0 Å². The van der Waals surface area contributed by atoms with Crippen LogP contribution in [0.15, 0.2) is 27.7 Å². The molecule has 9 heteroatoms. The molecule has 0 saturated carbocycles. The molecule has 0 fully saturated rings. The van der Waals surface area contributed by atoms with Crippen LogP contribution in [0.1, 0.15) is 6.92 Å². The van der Waals surface area contributed by atoms with Gasteiger partial charge in [0.05, 0.1) is 26.3 Å². The number of aromatic nitrogens is 2. The van der Waals surface area contributed by atoms with Gasteiger partial charge in [0.2, 0.25) is 5.91 Å². The Hall–Kier alpha value is -1.44. The van der Waals surface area contributed by atoms with Crippen LogP contribution in [-0.4, -0.2) is 16.4 Å². The number of aryl methyl sites for hydroxylation is 1. The van der Waals surface area contributed by atoms with Gasteiger partial charge in [-0.3, -0.25) is 4.79 Å². The van der Waals surface area contributed by atoms with E-state index in [2.05, 4.69) is 15.1 Å². The summed E-state index contributed by atoms with van der Waals surface area (Å²) in [5.41, 5.74) is 0.415. The van der Waals surface area contributed by atoms with Crippen molar-refractivity contribution in [2.75, 3.05) is 5.32 Å². The largest absolute Gasteiger partial charge is 0.538 e. The zero-order chi connectivity index (χ0) is 15.6. The predicted molar refractivity (Wildman–Crippen MR) is 77.5 cm³/mol. The highest BCUT2D eigenvalue weighted by Crippen LogP contribution is 2.31. The molecular weight excluding hydrogens is 337 g/mol. The molecule has 0 aliphatic carbocycles. The summed E-state index contributed by atoms with van der Waals surface area (Å²) in [7, 11) is 1.56. The molecule has 112 valence electrons. The highest BCUT2D eigenvalue weighted by atomic mass is 35.5. The average Bonchev–Trinajstić information content (AvgIpc) is 2.75. The minimum Gasteiger partial charge on any atom is -0.538 e. The molecule has 0 saturated heterocycles. The van der Waals surface area contributed by atoms with Crippen molar-refractivity contribution in [2.24, 2.45) is 7.05 Å². The highest BCUT2D eigenvalue weighted by Gasteiger charge is 2.23. The van der Waals surface area contributed by atoms with Crippen molar-refractivity contribution in [3.05, 3.63) is 28.2 Å². The number of hydrogen-bond donors (Lipinski definition) is 1. The second kappa shape index (κ2) is 6.55. The number of anilines is 1. The number of halogens is 2. The summed E-state index contributed by atoms with van der Waals surface area (Å²) < 4.78 is 5.78. The first-order valence-electron chi connectivity index (χ1n) is 5.84. The first-order chi connectivity index (χ1) is 9.90. The Morgan fingerprint density at radius 2 is 2.24 bits per heavy atom. The number of hydrogen-bond acceptors (Lipinski definition) is 5. The van der Waals surface area contributed by atoms with Gasteiger partial charge < -0.3 is 14.9 Å². The molecule has 2 aromatic rings. The molecular formula is C12H11Cl2N3O3S. The maximum atomic E-state index is 12.1. The third-order valence-electron chi connectivity index (χ3n) is 2.58. The lowest BCUT2D eigenvalue weighted by molar-refractivity contribution is -0.772. The Labute approximate surface area is 135 Å². The van der Waals surface area contributed by atoms with Crippen molar-refractivity contribution in [1.82, 2.24) is 5.27 Å². The van der Waals surface area contributed by atoms with Gasteiger partial charge in [-0.1, -0.05) is 34.0 Å². The Morgan fingerprint density at radius 1 is 1.52 bits per heavy atom. The van der Waals surface area contributed by atoms with Crippen LogP contribution in [0.4, 0.5) is 5.69 Å². The van der Waals surface area contributed by atoms with E-state index in [9.17, 15) is 9.90 Å². The summed E-state index contributed by atoms with van der Waals surface area (Å²) in [6.07, 6.45) is 0. The maximum Gasteiger partial charge on any atom is 0.291 e. The summed E-state index contributed by atoms with van der Waals surface area (Å²) in [4.78, 5) is 12.1. The van der Waals surface area contributed by atoms with Crippen LogP contribution >= 0.6 is 35.0 Å². The monoisotopic (exact) mass is 347 g/mol. The van der Waals surface area contributed by atoms with E-state index in [0.29, 0.717) is 10.7 Å². The lowest BCUT2D eigenvalue weighted by Crippen LogP contribution is -2.33. The van der Waals surface area contributed by atoms with E-state index >= 15 is 0 Å². The fraction of sp³-hybridized carbons (Fsp3) is 0.250. The smallest absolute Gasteiger partial charge is 0.291 e. The van der Waals surface area contributed by atoms with Crippen molar-refractivity contribution in [3.8, 4) is 5.95 Å². The number of benzene rings is 1. The lowest BCUT2D eigenvalue weighted by Gasteiger charge is -2.11. The zero-order valence-electron chi connectivity index (χ0n) is 11.1. The fourth-order valence-electron chi connectivity index (χ4n) is 1.49. The first-order valence-corrected chi connectivity index (χ1v) is 7.48. The van der Waals surface area contributed by atoms with E-state index < -0.39 is 11.2 Å². The fourth-order valence-corrected chi connectivity index (χ4v) is 2.65. The molecule has 1 aromatic heterocycles. The van der Waals surface area contributed by atoms with Crippen molar-refractivity contribution in [1.29, 1.82) is 0 Å². The van der Waals surface area contributed by atoms with Crippen LogP contribution < -0.4 is 15.1 Å². The van der Waals surface area contributed by atoms with Gasteiger partial charge >= 0.3 is 0 Å². The summed E-state index contributed by atoms with van der Waals surface area (Å²) in [5, 5.41) is 17.9. The normalized spacial score (nSPS) is 12.2. The Morgan fingerprint density at radius 3 is 2.86 bits per heavy atom. The van der Waals surface area contributed by atoms with E-state index in [1.165, 1.54) is 4.68 Å². The maximum absolute atomic E-state index is 12.1. The molecule has 0 spiro atoms. The zero-order valence-corrected chi connectivity index (χ0v) is 13.4. The van der Waals surface area contributed by atoms with E-state index in [1.807, 2.05) is 0 Å². The summed E-state index contributed by atoms with van der Waals surface area (Å²) in [6, 6.07) is 4.94. The van der Waals surface area contributed by atoms with E-state index in [4.69, 9.17) is 23.2 Å². The van der Waals surface area contributed by atoms with Gasteiger partial charge in [0.1, 0.15) is 0 Å². The molecule has 1 N–H and O–H groups in total. The molecule has 21 heavy (non-hydrogen) atoms. The van der Waals surface area contributed by atoms with Gasteiger partial charge in [-0.25, -0.2) is 0 Å². The number of carbonyl (C=O) groups is 1. The molecule has 6 nitrogen and oxygen atoms in total. The molecule has 1 unspecified atom stereocenters. The summed E-state index contributed by atoms with van der Waals surface area (Å²) in [6.45, 7) is 1.66. The molecule has 1 aromatic carbocycles. The SMILES string of the molecule is CC(Sc1c([O-])on[n+]1C)C(=O)Nc1cccc(Cl)c1Cl. The van der Waals surface area contributed by atoms with Crippen molar-refractivity contribution < 1.29 is 19.1 Å². The van der Waals surface area contributed by atoms with Gasteiger partial charge in [0.25, 0.3) is 5.03 Å².